The Labute approximate surface area is 166 Å². The van der Waals surface area contributed by atoms with Crippen LogP contribution in [0.4, 0.5) is 5.82 Å². The van der Waals surface area contributed by atoms with Gasteiger partial charge in [0.05, 0.1) is 0 Å². The fraction of sp³-hybridized carbons (Fsp3) is 0.391. The molecule has 144 valence electrons. The standard InChI is InChI=1S/C23H25N3O2/c27-22(26-16-14-25(15-17-26)21-8-1-4-13-24-21)20-7-5-6-19(18-20)9-12-23(28)10-2-3-11-23/h1,4-8,13,18,28H,2-3,10-11,14-17H2. The Bertz CT molecular complexity index is 887. The van der Waals surface area contributed by atoms with Crippen molar-refractivity contribution >= 4 is 11.7 Å². The predicted molar refractivity (Wildman–Crippen MR) is 109 cm³/mol. The molecule has 1 aliphatic carbocycles. The lowest BCUT2D eigenvalue weighted by Crippen LogP contribution is -2.49. The number of aromatic nitrogens is 1. The first-order chi connectivity index (χ1) is 13.6. The number of carbonyl (C=O) groups is 1. The van der Waals surface area contributed by atoms with Gasteiger partial charge in [-0.15, -0.1) is 0 Å². The molecule has 2 aliphatic rings. The molecule has 1 saturated heterocycles. The molecular formula is C23H25N3O2. The van der Waals surface area contributed by atoms with Crippen molar-refractivity contribution in [2.45, 2.75) is 31.3 Å². The van der Waals surface area contributed by atoms with Crippen LogP contribution in [0.3, 0.4) is 0 Å². The molecule has 0 spiro atoms. The van der Waals surface area contributed by atoms with Crippen molar-refractivity contribution in [2.75, 3.05) is 31.1 Å². The molecule has 2 fully saturated rings. The number of hydrogen-bond donors (Lipinski definition) is 1. The van der Waals surface area contributed by atoms with Crippen LogP contribution in [0.1, 0.15) is 41.6 Å². The van der Waals surface area contributed by atoms with E-state index in [0.29, 0.717) is 18.7 Å². The Hall–Kier alpha value is -2.84. The van der Waals surface area contributed by atoms with Crippen molar-refractivity contribution in [3.05, 3.63) is 59.8 Å². The fourth-order valence-corrected chi connectivity index (χ4v) is 3.87. The number of amides is 1. The highest BCUT2D eigenvalue weighted by atomic mass is 16.3. The Balaban J connectivity index is 1.41. The zero-order valence-electron chi connectivity index (χ0n) is 16.0. The van der Waals surface area contributed by atoms with E-state index in [0.717, 1.165) is 50.2 Å². The Kier molecular flexibility index (Phi) is 5.31. The summed E-state index contributed by atoms with van der Waals surface area (Å²) in [5, 5.41) is 10.4. The van der Waals surface area contributed by atoms with Gasteiger partial charge in [-0.05, 0) is 56.0 Å². The molecule has 5 heteroatoms. The van der Waals surface area contributed by atoms with Crippen LogP contribution in [0, 0.1) is 11.8 Å². The van der Waals surface area contributed by atoms with Crippen molar-refractivity contribution < 1.29 is 9.90 Å². The van der Waals surface area contributed by atoms with E-state index in [1.807, 2.05) is 47.4 Å². The predicted octanol–water partition coefficient (Wildman–Crippen LogP) is 2.70. The molecule has 2 heterocycles. The van der Waals surface area contributed by atoms with E-state index in [4.69, 9.17) is 0 Å². The lowest BCUT2D eigenvalue weighted by atomic mass is 10.0. The second-order valence-corrected chi connectivity index (χ2v) is 7.54. The first kappa shape index (κ1) is 18.5. The van der Waals surface area contributed by atoms with Crippen molar-refractivity contribution in [2.24, 2.45) is 0 Å². The highest BCUT2D eigenvalue weighted by molar-refractivity contribution is 5.94. The summed E-state index contributed by atoms with van der Waals surface area (Å²) in [7, 11) is 0. The Morgan fingerprint density at radius 2 is 1.82 bits per heavy atom. The van der Waals surface area contributed by atoms with Crippen molar-refractivity contribution in [3.8, 4) is 11.8 Å². The summed E-state index contributed by atoms with van der Waals surface area (Å²) in [4.78, 5) is 21.4. The molecule has 2 aromatic rings. The minimum absolute atomic E-state index is 0.0314. The maximum atomic E-state index is 12.9. The molecule has 1 amide bonds. The van der Waals surface area contributed by atoms with Crippen LogP contribution in [0.15, 0.2) is 48.7 Å². The van der Waals surface area contributed by atoms with E-state index in [1.54, 1.807) is 6.20 Å². The van der Waals surface area contributed by atoms with Gasteiger partial charge in [0.2, 0.25) is 0 Å². The van der Waals surface area contributed by atoms with Crippen LogP contribution >= 0.6 is 0 Å². The third-order valence-corrected chi connectivity index (χ3v) is 5.52. The maximum absolute atomic E-state index is 12.9. The maximum Gasteiger partial charge on any atom is 0.254 e. The van der Waals surface area contributed by atoms with E-state index in [1.165, 1.54) is 0 Å². The summed E-state index contributed by atoms with van der Waals surface area (Å²) in [6.07, 6.45) is 5.31. The molecule has 4 rings (SSSR count). The quantitative estimate of drug-likeness (QED) is 0.820. The van der Waals surface area contributed by atoms with Crippen LogP contribution in [0.2, 0.25) is 0 Å². The molecule has 0 bridgehead atoms. The summed E-state index contributed by atoms with van der Waals surface area (Å²) < 4.78 is 0. The van der Waals surface area contributed by atoms with Gasteiger partial charge in [0, 0.05) is 43.5 Å². The number of carbonyl (C=O) groups excluding carboxylic acids is 1. The molecule has 0 atom stereocenters. The average Bonchev–Trinajstić information content (AvgIpc) is 3.20. The summed E-state index contributed by atoms with van der Waals surface area (Å²) >= 11 is 0. The van der Waals surface area contributed by atoms with Gasteiger partial charge in [-0.2, -0.15) is 0 Å². The van der Waals surface area contributed by atoms with Crippen LogP contribution < -0.4 is 4.90 Å². The van der Waals surface area contributed by atoms with Crippen molar-refractivity contribution in [1.82, 2.24) is 9.88 Å². The van der Waals surface area contributed by atoms with E-state index in [2.05, 4.69) is 21.7 Å². The largest absolute Gasteiger partial charge is 0.378 e. The molecule has 1 aliphatic heterocycles. The van der Waals surface area contributed by atoms with Crippen LogP contribution in [-0.2, 0) is 0 Å². The summed E-state index contributed by atoms with van der Waals surface area (Å²) in [6, 6.07) is 13.3. The molecule has 0 radical (unpaired) electrons. The number of pyridine rings is 1. The van der Waals surface area contributed by atoms with E-state index < -0.39 is 5.60 Å². The Morgan fingerprint density at radius 3 is 2.54 bits per heavy atom. The van der Waals surface area contributed by atoms with Gasteiger partial charge >= 0.3 is 0 Å². The van der Waals surface area contributed by atoms with E-state index >= 15 is 0 Å². The average molecular weight is 375 g/mol. The van der Waals surface area contributed by atoms with Gasteiger partial charge < -0.3 is 14.9 Å². The first-order valence-corrected chi connectivity index (χ1v) is 9.94. The number of benzene rings is 1. The van der Waals surface area contributed by atoms with Crippen molar-refractivity contribution in [1.29, 1.82) is 0 Å². The number of aliphatic hydroxyl groups is 1. The number of piperazine rings is 1. The number of hydrogen-bond acceptors (Lipinski definition) is 4. The van der Waals surface area contributed by atoms with Gasteiger partial charge in [-0.3, -0.25) is 4.79 Å². The lowest BCUT2D eigenvalue weighted by molar-refractivity contribution is 0.0746. The number of rotatable bonds is 2. The zero-order chi connectivity index (χ0) is 19.4. The smallest absolute Gasteiger partial charge is 0.254 e. The van der Waals surface area contributed by atoms with Crippen molar-refractivity contribution in [3.63, 3.8) is 0 Å². The van der Waals surface area contributed by atoms with Gasteiger partial charge in [0.25, 0.3) is 5.91 Å². The van der Waals surface area contributed by atoms with Gasteiger partial charge in [0.1, 0.15) is 11.4 Å². The normalized spacial score (nSPS) is 18.5. The molecule has 1 aromatic carbocycles. The molecule has 1 saturated carbocycles. The topological polar surface area (TPSA) is 56.7 Å². The van der Waals surface area contributed by atoms with Gasteiger partial charge in [-0.25, -0.2) is 4.98 Å². The molecule has 0 unspecified atom stereocenters. The van der Waals surface area contributed by atoms with Crippen LogP contribution in [0.25, 0.3) is 0 Å². The summed E-state index contributed by atoms with van der Waals surface area (Å²) in [5.41, 5.74) is 0.566. The SMILES string of the molecule is O=C(c1cccc(C#CC2(O)CCCC2)c1)N1CCN(c2ccccn2)CC1. The van der Waals surface area contributed by atoms with E-state index in [9.17, 15) is 9.90 Å². The van der Waals surface area contributed by atoms with Crippen LogP contribution in [0.5, 0.6) is 0 Å². The molecule has 1 aromatic heterocycles. The molecule has 28 heavy (non-hydrogen) atoms. The minimum Gasteiger partial charge on any atom is -0.378 e. The highest BCUT2D eigenvalue weighted by Crippen LogP contribution is 2.28. The molecule has 5 nitrogen and oxygen atoms in total. The van der Waals surface area contributed by atoms with Gasteiger partial charge in [0.15, 0.2) is 0 Å². The van der Waals surface area contributed by atoms with Gasteiger partial charge in [-0.1, -0.05) is 24.0 Å². The fourth-order valence-electron chi connectivity index (χ4n) is 3.87. The third kappa shape index (κ3) is 4.18. The monoisotopic (exact) mass is 375 g/mol. The van der Waals surface area contributed by atoms with E-state index in [-0.39, 0.29) is 5.91 Å². The lowest BCUT2D eigenvalue weighted by Gasteiger charge is -2.35. The second-order valence-electron chi connectivity index (χ2n) is 7.54. The second kappa shape index (κ2) is 8.04. The number of nitrogens with zero attached hydrogens (tertiary/aromatic N) is 3. The third-order valence-electron chi connectivity index (χ3n) is 5.52. The molecular weight excluding hydrogens is 350 g/mol. The van der Waals surface area contributed by atoms with Crippen LogP contribution in [-0.4, -0.2) is 52.7 Å². The number of anilines is 1. The molecule has 1 N–H and O–H groups in total. The Morgan fingerprint density at radius 1 is 1.04 bits per heavy atom. The summed E-state index contributed by atoms with van der Waals surface area (Å²) in [5.74, 6) is 7.06. The minimum atomic E-state index is -0.859. The zero-order valence-corrected chi connectivity index (χ0v) is 16.0. The highest BCUT2D eigenvalue weighted by Gasteiger charge is 2.28. The first-order valence-electron chi connectivity index (χ1n) is 9.94. The summed E-state index contributed by atoms with van der Waals surface area (Å²) in [6.45, 7) is 2.89.